The van der Waals surface area contributed by atoms with Gasteiger partial charge >= 0.3 is 0 Å². The monoisotopic (exact) mass is 313 g/mol. The number of hydrogen-bond donors (Lipinski definition) is 1. The predicted octanol–water partition coefficient (Wildman–Crippen LogP) is 2.01. The predicted molar refractivity (Wildman–Crippen MR) is 79.7 cm³/mol. The van der Waals surface area contributed by atoms with Crippen LogP contribution in [0.4, 0.5) is 11.4 Å². The molecule has 0 amide bonds. The molecule has 1 aromatic rings. The van der Waals surface area contributed by atoms with Crippen LogP contribution in [0.5, 0.6) is 0 Å². The number of nitro groups is 1. The normalized spacial score (nSPS) is 16.7. The van der Waals surface area contributed by atoms with E-state index in [0.717, 1.165) is 31.7 Å². The minimum atomic E-state index is -4.02. The topological polar surface area (TPSA) is 107 Å². The minimum absolute atomic E-state index is 0.190. The number of benzene rings is 1. The maximum atomic E-state index is 11.7. The Morgan fingerprint density at radius 2 is 1.90 bits per heavy atom. The molecule has 7 nitrogen and oxygen atoms in total. The quantitative estimate of drug-likeness (QED) is 0.676. The molecule has 0 atom stereocenters. The summed E-state index contributed by atoms with van der Waals surface area (Å²) in [4.78, 5) is 11.9. The highest BCUT2D eigenvalue weighted by Crippen LogP contribution is 2.32. The lowest BCUT2D eigenvalue weighted by atomic mass is 9.94. The highest BCUT2D eigenvalue weighted by Gasteiger charge is 2.25. The smallest absolute Gasteiger partial charge is 0.270 e. The van der Waals surface area contributed by atoms with Crippen LogP contribution in [0.1, 0.15) is 32.1 Å². The molecule has 21 heavy (non-hydrogen) atoms. The number of sulfonamides is 1. The van der Waals surface area contributed by atoms with Crippen LogP contribution in [-0.2, 0) is 10.0 Å². The summed E-state index contributed by atoms with van der Waals surface area (Å²) in [5.41, 5.74) is 0.148. The number of nitrogens with zero attached hydrogens (tertiary/aromatic N) is 2. The van der Waals surface area contributed by atoms with Crippen LogP contribution in [-0.4, -0.2) is 26.4 Å². The highest BCUT2D eigenvalue weighted by atomic mass is 32.2. The zero-order valence-electron chi connectivity index (χ0n) is 11.9. The summed E-state index contributed by atoms with van der Waals surface area (Å²) in [6.07, 6.45) is 5.36. The molecule has 0 bridgehead atoms. The fourth-order valence-corrected chi connectivity index (χ4v) is 3.59. The lowest BCUT2D eigenvalue weighted by Gasteiger charge is -2.33. The molecule has 2 N–H and O–H groups in total. The van der Waals surface area contributed by atoms with Gasteiger partial charge in [-0.2, -0.15) is 0 Å². The molecule has 0 unspecified atom stereocenters. The molecule has 1 saturated carbocycles. The van der Waals surface area contributed by atoms with Gasteiger partial charge in [0.05, 0.1) is 10.6 Å². The van der Waals surface area contributed by atoms with Gasteiger partial charge in [0.15, 0.2) is 0 Å². The maximum Gasteiger partial charge on any atom is 0.270 e. The van der Waals surface area contributed by atoms with E-state index in [9.17, 15) is 18.5 Å². The number of primary sulfonamides is 1. The molecule has 0 spiro atoms. The summed E-state index contributed by atoms with van der Waals surface area (Å²) in [5.74, 6) is 0. The lowest BCUT2D eigenvalue weighted by molar-refractivity contribution is -0.385. The third-order valence-electron chi connectivity index (χ3n) is 3.96. The summed E-state index contributed by atoms with van der Waals surface area (Å²) in [6, 6.07) is 4.04. The van der Waals surface area contributed by atoms with Crippen LogP contribution < -0.4 is 10.0 Å². The number of anilines is 1. The Bertz CT molecular complexity index is 639. The van der Waals surface area contributed by atoms with Crippen LogP contribution in [0, 0.1) is 10.1 Å². The summed E-state index contributed by atoms with van der Waals surface area (Å²) in [7, 11) is -2.21. The summed E-state index contributed by atoms with van der Waals surface area (Å²) < 4.78 is 23.5. The fourth-order valence-electron chi connectivity index (χ4n) is 2.80. The van der Waals surface area contributed by atoms with E-state index < -0.39 is 14.9 Å². The van der Waals surface area contributed by atoms with Gasteiger partial charge in [0.25, 0.3) is 5.69 Å². The Balaban J connectivity index is 2.44. The molecular weight excluding hydrogens is 294 g/mol. The average Bonchev–Trinajstić information content (AvgIpc) is 2.46. The Kier molecular flexibility index (Phi) is 4.48. The standard InChI is InChI=1S/C13H19N3O4S/c1-15(10-5-3-2-4-6-10)12-8-7-11(16(17)18)9-13(12)21(14,19)20/h7-10H,2-6H2,1H3,(H2,14,19,20). The van der Waals surface area contributed by atoms with Gasteiger partial charge in [0, 0.05) is 25.2 Å². The molecule has 0 saturated heterocycles. The van der Waals surface area contributed by atoms with Crippen LogP contribution in [0.3, 0.4) is 0 Å². The fraction of sp³-hybridized carbons (Fsp3) is 0.538. The second-order valence-electron chi connectivity index (χ2n) is 5.36. The molecule has 2 rings (SSSR count). The second kappa shape index (κ2) is 5.98. The first-order valence-corrected chi connectivity index (χ1v) is 8.39. The van der Waals surface area contributed by atoms with E-state index in [1.54, 1.807) is 0 Å². The van der Waals surface area contributed by atoms with Crippen molar-refractivity contribution in [3.63, 3.8) is 0 Å². The van der Waals surface area contributed by atoms with E-state index in [1.807, 2.05) is 11.9 Å². The van der Waals surface area contributed by atoms with Gasteiger partial charge < -0.3 is 4.90 Å². The summed E-state index contributed by atoms with van der Waals surface area (Å²) in [6.45, 7) is 0. The van der Waals surface area contributed by atoms with Crippen LogP contribution in [0.15, 0.2) is 23.1 Å². The molecule has 1 aromatic carbocycles. The van der Waals surface area contributed by atoms with Crippen molar-refractivity contribution < 1.29 is 13.3 Å². The number of nitro benzene ring substituents is 1. The lowest BCUT2D eigenvalue weighted by Crippen LogP contribution is -2.34. The zero-order chi connectivity index (χ0) is 15.6. The number of nitrogens with two attached hydrogens (primary N) is 1. The Morgan fingerprint density at radius 3 is 2.43 bits per heavy atom. The zero-order valence-corrected chi connectivity index (χ0v) is 12.7. The van der Waals surface area contributed by atoms with Crippen molar-refractivity contribution in [2.24, 2.45) is 5.14 Å². The van der Waals surface area contributed by atoms with Gasteiger partial charge in [-0.15, -0.1) is 0 Å². The molecule has 1 aliphatic rings. The first-order valence-electron chi connectivity index (χ1n) is 6.85. The first-order chi connectivity index (χ1) is 9.80. The van der Waals surface area contributed by atoms with Crippen LogP contribution in [0.25, 0.3) is 0 Å². The molecule has 1 aliphatic carbocycles. The number of rotatable bonds is 4. The van der Waals surface area contributed by atoms with E-state index in [-0.39, 0.29) is 16.6 Å². The Morgan fingerprint density at radius 1 is 1.29 bits per heavy atom. The van der Waals surface area contributed by atoms with Crippen molar-refractivity contribution in [3.05, 3.63) is 28.3 Å². The largest absolute Gasteiger partial charge is 0.371 e. The minimum Gasteiger partial charge on any atom is -0.371 e. The van der Waals surface area contributed by atoms with Gasteiger partial charge in [0.2, 0.25) is 10.0 Å². The van der Waals surface area contributed by atoms with E-state index in [2.05, 4.69) is 0 Å². The van der Waals surface area contributed by atoms with Gasteiger partial charge in [-0.1, -0.05) is 19.3 Å². The summed E-state index contributed by atoms with van der Waals surface area (Å²) >= 11 is 0. The third kappa shape index (κ3) is 3.51. The molecule has 0 aliphatic heterocycles. The number of non-ortho nitro benzene ring substituents is 1. The molecule has 0 aromatic heterocycles. The van der Waals surface area contributed by atoms with Gasteiger partial charge in [-0.25, -0.2) is 13.6 Å². The van der Waals surface area contributed by atoms with E-state index >= 15 is 0 Å². The van der Waals surface area contributed by atoms with Gasteiger partial charge in [-0.05, 0) is 18.9 Å². The van der Waals surface area contributed by atoms with Crippen molar-refractivity contribution in [1.29, 1.82) is 0 Å². The summed E-state index contributed by atoms with van der Waals surface area (Å²) in [5, 5.41) is 16.0. The van der Waals surface area contributed by atoms with E-state index in [1.165, 1.54) is 18.6 Å². The van der Waals surface area contributed by atoms with Crippen molar-refractivity contribution in [2.75, 3.05) is 11.9 Å². The van der Waals surface area contributed by atoms with Crippen LogP contribution >= 0.6 is 0 Å². The van der Waals surface area contributed by atoms with E-state index in [0.29, 0.717) is 5.69 Å². The van der Waals surface area contributed by atoms with Gasteiger partial charge in [-0.3, -0.25) is 10.1 Å². The van der Waals surface area contributed by atoms with Crippen LogP contribution in [0.2, 0.25) is 0 Å². The number of hydrogen-bond acceptors (Lipinski definition) is 5. The van der Waals surface area contributed by atoms with E-state index in [4.69, 9.17) is 5.14 Å². The van der Waals surface area contributed by atoms with Crippen molar-refractivity contribution >= 4 is 21.4 Å². The molecule has 116 valence electrons. The second-order valence-corrected chi connectivity index (χ2v) is 6.89. The Labute approximate surface area is 123 Å². The highest BCUT2D eigenvalue weighted by molar-refractivity contribution is 7.89. The average molecular weight is 313 g/mol. The SMILES string of the molecule is CN(c1ccc([N+](=O)[O-])cc1S(N)(=O)=O)C1CCCCC1. The van der Waals surface area contributed by atoms with Crippen molar-refractivity contribution in [1.82, 2.24) is 0 Å². The first kappa shape index (κ1) is 15.7. The molecule has 0 radical (unpaired) electrons. The Hall–Kier alpha value is -1.67. The third-order valence-corrected chi connectivity index (χ3v) is 4.90. The van der Waals surface area contributed by atoms with Gasteiger partial charge in [0.1, 0.15) is 4.90 Å². The molecule has 1 fully saturated rings. The molecule has 0 heterocycles. The van der Waals surface area contributed by atoms with Crippen molar-refractivity contribution in [2.45, 2.75) is 43.0 Å². The molecule has 8 heteroatoms. The van der Waals surface area contributed by atoms with Crippen molar-refractivity contribution in [3.8, 4) is 0 Å². The molecular formula is C13H19N3O4S. The maximum absolute atomic E-state index is 11.7.